The van der Waals surface area contributed by atoms with Crippen LogP contribution < -0.4 is 21.7 Å². The van der Waals surface area contributed by atoms with Crippen LogP contribution in [0.4, 0.5) is 21.3 Å². The van der Waals surface area contributed by atoms with Crippen LogP contribution in [-0.4, -0.2) is 59.7 Å². The van der Waals surface area contributed by atoms with Gasteiger partial charge in [-0.25, -0.2) is 9.78 Å². The molecule has 0 saturated carbocycles. The summed E-state index contributed by atoms with van der Waals surface area (Å²) in [4.78, 5) is 36.1. The van der Waals surface area contributed by atoms with E-state index in [0.29, 0.717) is 16.5 Å². The highest BCUT2D eigenvalue weighted by molar-refractivity contribution is 7.13. The Morgan fingerprint density at radius 1 is 1.08 bits per heavy atom. The summed E-state index contributed by atoms with van der Waals surface area (Å²) >= 11 is 1.35. The molecule has 11 heteroatoms. The number of thiazole rings is 1. The molecule has 5 N–H and O–H groups in total. The summed E-state index contributed by atoms with van der Waals surface area (Å²) in [6, 6.07) is 9.95. The Morgan fingerprint density at radius 3 is 2.64 bits per heavy atom. The fourth-order valence-electron chi connectivity index (χ4n) is 3.95. The number of carbonyl (C=O) groups excluding carboxylic acids is 2. The lowest BCUT2D eigenvalue weighted by Gasteiger charge is -2.26. The molecular weight excluding hydrogens is 478 g/mol. The number of pyridine rings is 1. The second-order valence-corrected chi connectivity index (χ2v) is 9.35. The molecule has 1 saturated heterocycles. The third-order valence-corrected chi connectivity index (χ3v) is 6.60. The predicted octanol–water partition coefficient (Wildman–Crippen LogP) is 3.74. The van der Waals surface area contributed by atoms with Crippen LogP contribution in [0.15, 0.2) is 54.2 Å². The zero-order valence-corrected chi connectivity index (χ0v) is 20.8. The Bertz CT molecular complexity index is 1120. The van der Waals surface area contributed by atoms with Gasteiger partial charge in [0.15, 0.2) is 5.13 Å². The van der Waals surface area contributed by atoms with Gasteiger partial charge in [0.1, 0.15) is 5.69 Å². The summed E-state index contributed by atoms with van der Waals surface area (Å²) in [6.45, 7) is 4.48. The van der Waals surface area contributed by atoms with E-state index in [1.807, 2.05) is 6.07 Å². The molecule has 3 aromatic rings. The molecule has 1 unspecified atom stereocenters. The number of carbonyl (C=O) groups is 2. The van der Waals surface area contributed by atoms with Crippen molar-refractivity contribution >= 4 is 39.8 Å². The fraction of sp³-hybridized carbons (Fsp3) is 0.360. The van der Waals surface area contributed by atoms with E-state index in [9.17, 15) is 9.59 Å². The van der Waals surface area contributed by atoms with Crippen LogP contribution in [0.1, 0.15) is 41.4 Å². The van der Waals surface area contributed by atoms with Crippen LogP contribution in [-0.2, 0) is 4.74 Å². The van der Waals surface area contributed by atoms with E-state index in [1.165, 1.54) is 11.3 Å². The van der Waals surface area contributed by atoms with Crippen molar-refractivity contribution in [1.82, 2.24) is 20.2 Å². The van der Waals surface area contributed by atoms with Gasteiger partial charge in [0.05, 0.1) is 30.6 Å². The number of nitrogens with one attached hydrogen (secondary N) is 3. The second kappa shape index (κ2) is 13.0. The molecule has 3 amide bonds. The maximum Gasteiger partial charge on any atom is 0.321 e. The minimum absolute atomic E-state index is 0.260. The highest BCUT2D eigenvalue weighted by Crippen LogP contribution is 2.22. The largest absolute Gasteiger partial charge is 0.397 e. The van der Waals surface area contributed by atoms with Gasteiger partial charge < -0.3 is 21.1 Å². The molecule has 4 rings (SSSR count). The van der Waals surface area contributed by atoms with Crippen LogP contribution in [0.25, 0.3) is 0 Å². The first-order valence-corrected chi connectivity index (χ1v) is 12.9. The molecule has 2 aromatic heterocycles. The molecule has 10 nitrogen and oxygen atoms in total. The smallest absolute Gasteiger partial charge is 0.321 e. The van der Waals surface area contributed by atoms with Crippen molar-refractivity contribution in [2.75, 3.05) is 49.2 Å². The van der Waals surface area contributed by atoms with Crippen LogP contribution in [0, 0.1) is 0 Å². The molecule has 1 aliphatic rings. The Labute approximate surface area is 214 Å². The van der Waals surface area contributed by atoms with Crippen LogP contribution in [0.2, 0.25) is 0 Å². The van der Waals surface area contributed by atoms with Crippen molar-refractivity contribution in [1.29, 1.82) is 0 Å². The number of hydrogen-bond acceptors (Lipinski definition) is 8. The van der Waals surface area contributed by atoms with E-state index in [1.54, 1.807) is 48.1 Å². The molecular formula is C25H31N7O3S. The molecule has 1 aromatic carbocycles. The van der Waals surface area contributed by atoms with Crippen molar-refractivity contribution in [2.24, 2.45) is 0 Å². The van der Waals surface area contributed by atoms with Gasteiger partial charge in [0.2, 0.25) is 0 Å². The van der Waals surface area contributed by atoms with Gasteiger partial charge in [-0.15, -0.1) is 11.3 Å². The number of nitrogens with zero attached hydrogens (tertiary/aromatic N) is 3. The van der Waals surface area contributed by atoms with E-state index in [2.05, 4.69) is 30.8 Å². The number of aromatic nitrogens is 2. The van der Waals surface area contributed by atoms with Gasteiger partial charge in [0.25, 0.3) is 5.91 Å². The maximum absolute atomic E-state index is 12.6. The molecule has 0 spiro atoms. The van der Waals surface area contributed by atoms with E-state index in [0.717, 1.165) is 57.7 Å². The van der Waals surface area contributed by atoms with Crippen molar-refractivity contribution in [3.05, 3.63) is 65.4 Å². The zero-order chi connectivity index (χ0) is 25.2. The van der Waals surface area contributed by atoms with Gasteiger partial charge in [0, 0.05) is 30.9 Å². The Morgan fingerprint density at radius 2 is 1.92 bits per heavy atom. The van der Waals surface area contributed by atoms with Crippen LogP contribution in [0.3, 0.4) is 0 Å². The Balaban J connectivity index is 1.38. The first kappa shape index (κ1) is 25.5. The van der Waals surface area contributed by atoms with Gasteiger partial charge >= 0.3 is 6.03 Å². The van der Waals surface area contributed by atoms with Crippen molar-refractivity contribution in [2.45, 2.75) is 25.3 Å². The number of hydrogen-bond donors (Lipinski definition) is 4. The first-order chi connectivity index (χ1) is 17.6. The minimum Gasteiger partial charge on any atom is -0.397 e. The molecule has 1 aliphatic heterocycles. The summed E-state index contributed by atoms with van der Waals surface area (Å²) in [6.07, 6.45) is 5.96. The average Bonchev–Trinajstić information content (AvgIpc) is 3.41. The number of nitrogen functional groups attached to an aromatic ring is 1. The molecule has 0 aliphatic carbocycles. The van der Waals surface area contributed by atoms with E-state index in [-0.39, 0.29) is 23.7 Å². The number of para-hydroxylation sites is 2. The van der Waals surface area contributed by atoms with Gasteiger partial charge in [-0.1, -0.05) is 18.2 Å². The summed E-state index contributed by atoms with van der Waals surface area (Å²) in [5.41, 5.74) is 8.02. The van der Waals surface area contributed by atoms with Gasteiger partial charge in [-0.3, -0.25) is 20.0 Å². The van der Waals surface area contributed by atoms with E-state index >= 15 is 0 Å². The number of morpholine rings is 1. The number of nitrogens with two attached hydrogens (primary N) is 1. The third-order valence-electron chi connectivity index (χ3n) is 5.91. The minimum atomic E-state index is -0.351. The van der Waals surface area contributed by atoms with Crippen LogP contribution >= 0.6 is 11.3 Å². The molecule has 1 atom stereocenters. The SMILES string of the molecule is Nc1ccccc1NC(=O)c1ccc(C(CCCCN2CCOCC2)NC(=O)Nc2nccs2)cn1. The monoisotopic (exact) mass is 509 g/mol. The lowest BCUT2D eigenvalue weighted by atomic mass is 10.0. The quantitative estimate of drug-likeness (QED) is 0.242. The van der Waals surface area contributed by atoms with Crippen molar-refractivity contribution in [3.63, 3.8) is 0 Å². The molecule has 0 bridgehead atoms. The van der Waals surface area contributed by atoms with Crippen molar-refractivity contribution in [3.8, 4) is 0 Å². The number of benzene rings is 1. The lowest BCUT2D eigenvalue weighted by molar-refractivity contribution is 0.0370. The summed E-state index contributed by atoms with van der Waals surface area (Å²) in [5.74, 6) is -0.351. The Hall–Kier alpha value is -3.54. The lowest BCUT2D eigenvalue weighted by Crippen LogP contribution is -2.37. The first-order valence-electron chi connectivity index (χ1n) is 12.0. The topological polar surface area (TPSA) is 134 Å². The maximum atomic E-state index is 12.6. The average molecular weight is 510 g/mol. The molecule has 190 valence electrons. The summed E-state index contributed by atoms with van der Waals surface area (Å²) < 4.78 is 5.41. The number of anilines is 3. The summed E-state index contributed by atoms with van der Waals surface area (Å²) in [7, 11) is 0. The van der Waals surface area contributed by atoms with E-state index < -0.39 is 0 Å². The Kier molecular flexibility index (Phi) is 9.20. The fourth-order valence-corrected chi connectivity index (χ4v) is 4.47. The summed E-state index contributed by atoms with van der Waals surface area (Å²) in [5, 5.41) is 10.9. The third kappa shape index (κ3) is 7.48. The number of ether oxygens (including phenoxy) is 1. The molecule has 36 heavy (non-hydrogen) atoms. The van der Waals surface area contributed by atoms with Crippen LogP contribution in [0.5, 0.6) is 0 Å². The number of urea groups is 1. The molecule has 3 heterocycles. The predicted molar refractivity (Wildman–Crippen MR) is 141 cm³/mol. The molecule has 0 radical (unpaired) electrons. The number of unbranched alkanes of at least 4 members (excludes halogenated alkanes) is 1. The highest BCUT2D eigenvalue weighted by Gasteiger charge is 2.18. The van der Waals surface area contributed by atoms with Gasteiger partial charge in [-0.05, 0) is 49.6 Å². The second-order valence-electron chi connectivity index (χ2n) is 8.46. The van der Waals surface area contributed by atoms with Crippen molar-refractivity contribution < 1.29 is 14.3 Å². The number of amides is 3. The van der Waals surface area contributed by atoms with E-state index in [4.69, 9.17) is 10.5 Å². The zero-order valence-electron chi connectivity index (χ0n) is 20.0. The standard InChI is InChI=1S/C25H31N7O3S/c26-19-5-1-2-7-21(19)29-23(33)22-9-8-18(17-28-22)20(30-24(34)31-25-27-10-16-36-25)6-3-4-11-32-12-14-35-15-13-32/h1-2,5,7-10,16-17,20H,3-4,6,11-15,26H2,(H,29,33)(H2,27,30,31,34). The highest BCUT2D eigenvalue weighted by atomic mass is 32.1. The van der Waals surface area contributed by atoms with Gasteiger partial charge in [-0.2, -0.15) is 0 Å². The molecule has 1 fully saturated rings. The normalized spacial score (nSPS) is 14.7. The number of rotatable bonds is 10.